The Bertz CT molecular complexity index is 402. The molecule has 1 saturated heterocycles. The third-order valence-electron chi connectivity index (χ3n) is 4.35. The summed E-state index contributed by atoms with van der Waals surface area (Å²) < 4.78 is 0. The van der Waals surface area contributed by atoms with Crippen LogP contribution < -0.4 is 5.32 Å². The number of aromatic hydroxyl groups is 1. The lowest BCUT2D eigenvalue weighted by atomic mass is 10.0. The van der Waals surface area contributed by atoms with Crippen molar-refractivity contribution in [1.29, 1.82) is 0 Å². The SMILES string of the molecule is CCCCN(CC1CCCN1)C(C)c1ccccc1O. The number of unbranched alkanes of at least 4 members (excludes halogenated alkanes) is 1. The van der Waals surface area contributed by atoms with E-state index >= 15 is 0 Å². The zero-order valence-electron chi connectivity index (χ0n) is 12.8. The van der Waals surface area contributed by atoms with Gasteiger partial charge in [0.1, 0.15) is 5.75 Å². The van der Waals surface area contributed by atoms with Crippen molar-refractivity contribution in [3.05, 3.63) is 29.8 Å². The van der Waals surface area contributed by atoms with Gasteiger partial charge in [0, 0.05) is 24.2 Å². The molecule has 1 aliphatic rings. The first-order valence-corrected chi connectivity index (χ1v) is 7.97. The molecule has 0 aromatic heterocycles. The van der Waals surface area contributed by atoms with Crippen LogP contribution in [0.1, 0.15) is 51.1 Å². The maximum atomic E-state index is 10.1. The Morgan fingerprint density at radius 2 is 2.20 bits per heavy atom. The third-order valence-corrected chi connectivity index (χ3v) is 4.35. The number of hydrogen-bond acceptors (Lipinski definition) is 3. The summed E-state index contributed by atoms with van der Waals surface area (Å²) in [5, 5.41) is 13.7. The average Bonchev–Trinajstić information content (AvgIpc) is 2.96. The molecule has 1 heterocycles. The second-order valence-corrected chi connectivity index (χ2v) is 5.88. The molecule has 2 N–H and O–H groups in total. The van der Waals surface area contributed by atoms with Crippen molar-refractivity contribution < 1.29 is 5.11 Å². The molecule has 3 heteroatoms. The lowest BCUT2D eigenvalue weighted by Gasteiger charge is -2.32. The number of phenols is 1. The van der Waals surface area contributed by atoms with Crippen molar-refractivity contribution in [2.75, 3.05) is 19.6 Å². The van der Waals surface area contributed by atoms with Gasteiger partial charge >= 0.3 is 0 Å². The normalized spacial score (nSPS) is 20.4. The van der Waals surface area contributed by atoms with Gasteiger partial charge in [0.15, 0.2) is 0 Å². The van der Waals surface area contributed by atoms with Gasteiger partial charge < -0.3 is 10.4 Å². The number of nitrogens with zero attached hydrogens (tertiary/aromatic N) is 1. The van der Waals surface area contributed by atoms with E-state index in [9.17, 15) is 5.11 Å². The smallest absolute Gasteiger partial charge is 0.120 e. The highest BCUT2D eigenvalue weighted by molar-refractivity contribution is 5.34. The molecule has 1 aliphatic heterocycles. The van der Waals surface area contributed by atoms with Gasteiger partial charge in [-0.2, -0.15) is 0 Å². The number of nitrogens with one attached hydrogen (secondary N) is 1. The highest BCUT2D eigenvalue weighted by atomic mass is 16.3. The monoisotopic (exact) mass is 276 g/mol. The van der Waals surface area contributed by atoms with Crippen molar-refractivity contribution in [3.63, 3.8) is 0 Å². The summed E-state index contributed by atoms with van der Waals surface area (Å²) in [6.07, 6.45) is 4.99. The van der Waals surface area contributed by atoms with Crippen molar-refractivity contribution in [1.82, 2.24) is 10.2 Å². The number of para-hydroxylation sites is 1. The quantitative estimate of drug-likeness (QED) is 0.802. The first-order valence-electron chi connectivity index (χ1n) is 7.97. The van der Waals surface area contributed by atoms with Crippen molar-refractivity contribution >= 4 is 0 Å². The predicted molar refractivity (Wildman–Crippen MR) is 84.0 cm³/mol. The summed E-state index contributed by atoms with van der Waals surface area (Å²) in [6, 6.07) is 8.61. The maximum absolute atomic E-state index is 10.1. The minimum Gasteiger partial charge on any atom is -0.508 e. The van der Waals surface area contributed by atoms with Gasteiger partial charge in [-0.15, -0.1) is 0 Å². The van der Waals surface area contributed by atoms with Crippen molar-refractivity contribution in [2.24, 2.45) is 0 Å². The number of benzene rings is 1. The summed E-state index contributed by atoms with van der Waals surface area (Å²) in [4.78, 5) is 2.52. The second-order valence-electron chi connectivity index (χ2n) is 5.88. The lowest BCUT2D eigenvalue weighted by molar-refractivity contribution is 0.186. The summed E-state index contributed by atoms with van der Waals surface area (Å²) in [6.45, 7) is 7.77. The molecule has 20 heavy (non-hydrogen) atoms. The first kappa shape index (κ1) is 15.3. The number of rotatable bonds is 7. The van der Waals surface area contributed by atoms with Crippen LogP contribution in [0.2, 0.25) is 0 Å². The molecule has 1 aromatic carbocycles. The predicted octanol–water partition coefficient (Wildman–Crippen LogP) is 3.31. The average molecular weight is 276 g/mol. The molecule has 1 fully saturated rings. The van der Waals surface area contributed by atoms with E-state index in [0.717, 1.165) is 25.2 Å². The molecular weight excluding hydrogens is 248 g/mol. The van der Waals surface area contributed by atoms with Gasteiger partial charge in [-0.3, -0.25) is 4.90 Å². The van der Waals surface area contributed by atoms with Gasteiger partial charge in [0.2, 0.25) is 0 Å². The number of phenolic OH excluding ortho intramolecular Hbond substituents is 1. The van der Waals surface area contributed by atoms with E-state index in [2.05, 4.69) is 24.1 Å². The van der Waals surface area contributed by atoms with E-state index < -0.39 is 0 Å². The lowest BCUT2D eigenvalue weighted by Crippen LogP contribution is -2.39. The highest BCUT2D eigenvalue weighted by Gasteiger charge is 2.23. The first-order chi connectivity index (χ1) is 9.72. The zero-order valence-corrected chi connectivity index (χ0v) is 12.8. The van der Waals surface area contributed by atoms with Crippen LogP contribution in [0.15, 0.2) is 24.3 Å². The van der Waals surface area contributed by atoms with Crippen LogP contribution in [-0.4, -0.2) is 35.7 Å². The molecule has 1 aromatic rings. The van der Waals surface area contributed by atoms with Crippen LogP contribution in [0.5, 0.6) is 5.75 Å². The molecule has 0 amide bonds. The van der Waals surface area contributed by atoms with E-state index in [1.807, 2.05) is 18.2 Å². The van der Waals surface area contributed by atoms with E-state index in [0.29, 0.717) is 11.8 Å². The fraction of sp³-hybridized carbons (Fsp3) is 0.647. The molecule has 112 valence electrons. The van der Waals surface area contributed by atoms with E-state index in [1.54, 1.807) is 6.07 Å². The van der Waals surface area contributed by atoms with Crippen LogP contribution >= 0.6 is 0 Å². The van der Waals surface area contributed by atoms with Crippen LogP contribution in [-0.2, 0) is 0 Å². The molecule has 3 nitrogen and oxygen atoms in total. The van der Waals surface area contributed by atoms with Crippen LogP contribution in [0.25, 0.3) is 0 Å². The van der Waals surface area contributed by atoms with E-state index in [4.69, 9.17) is 0 Å². The molecule has 2 unspecified atom stereocenters. The molecule has 2 rings (SSSR count). The summed E-state index contributed by atoms with van der Waals surface area (Å²) in [5.74, 6) is 0.417. The second kappa shape index (κ2) is 7.65. The van der Waals surface area contributed by atoms with Gasteiger partial charge in [-0.05, 0) is 45.3 Å². The van der Waals surface area contributed by atoms with Gasteiger partial charge in [-0.1, -0.05) is 31.5 Å². The van der Waals surface area contributed by atoms with E-state index in [-0.39, 0.29) is 6.04 Å². The Labute approximate surface area is 123 Å². The zero-order chi connectivity index (χ0) is 14.4. The Balaban J connectivity index is 2.06. The highest BCUT2D eigenvalue weighted by Crippen LogP contribution is 2.28. The molecule has 2 atom stereocenters. The summed E-state index contributed by atoms with van der Waals surface area (Å²) >= 11 is 0. The van der Waals surface area contributed by atoms with Crippen molar-refractivity contribution in [3.8, 4) is 5.75 Å². The molecule has 0 radical (unpaired) electrons. The van der Waals surface area contributed by atoms with Gasteiger partial charge in [-0.25, -0.2) is 0 Å². The van der Waals surface area contributed by atoms with Crippen LogP contribution in [0, 0.1) is 0 Å². The van der Waals surface area contributed by atoms with Crippen LogP contribution in [0.4, 0.5) is 0 Å². The minimum atomic E-state index is 0.269. The third kappa shape index (κ3) is 3.97. The molecule has 0 spiro atoms. The number of hydrogen-bond donors (Lipinski definition) is 2. The minimum absolute atomic E-state index is 0.269. The van der Waals surface area contributed by atoms with Crippen LogP contribution in [0.3, 0.4) is 0 Å². The van der Waals surface area contributed by atoms with Crippen molar-refractivity contribution in [2.45, 2.75) is 51.6 Å². The van der Waals surface area contributed by atoms with Gasteiger partial charge in [0.05, 0.1) is 0 Å². The molecule has 0 aliphatic carbocycles. The Morgan fingerprint density at radius 1 is 1.40 bits per heavy atom. The topological polar surface area (TPSA) is 35.5 Å². The molecule has 0 bridgehead atoms. The summed E-state index contributed by atoms with van der Waals surface area (Å²) in [5.41, 5.74) is 1.04. The summed E-state index contributed by atoms with van der Waals surface area (Å²) in [7, 11) is 0. The Kier molecular flexibility index (Phi) is 5.86. The molecular formula is C17H28N2O. The molecule has 0 saturated carbocycles. The fourth-order valence-corrected chi connectivity index (χ4v) is 3.04. The largest absolute Gasteiger partial charge is 0.508 e. The van der Waals surface area contributed by atoms with Gasteiger partial charge in [0.25, 0.3) is 0 Å². The Hall–Kier alpha value is -1.06. The standard InChI is InChI=1S/C17H28N2O/c1-3-4-12-19(13-15-8-7-11-18-15)14(2)16-9-5-6-10-17(16)20/h5-6,9-10,14-15,18,20H,3-4,7-8,11-13H2,1-2H3. The van der Waals surface area contributed by atoms with E-state index in [1.165, 1.54) is 25.7 Å². The fourth-order valence-electron chi connectivity index (χ4n) is 3.04. The Morgan fingerprint density at radius 3 is 2.85 bits per heavy atom. The maximum Gasteiger partial charge on any atom is 0.120 e.